The highest BCUT2D eigenvalue weighted by Crippen LogP contribution is 2.33. The van der Waals surface area contributed by atoms with Crippen LogP contribution in [0.2, 0.25) is 0 Å². The standard InChI is InChI=1S/C33H35N5O3/c1-2-5-30-29(18-22-8-10-23(11-9-22)28-7-4-3-6-25(28)19-34)32(40)37(33-35-21-36-38(30)33)26-14-16-27(17-15-26)41-20-31(39)24-12-13-24/h3-4,6-11,21,24,26-27H,2,5,12-18,20H2,1H3. The average Bonchev–Trinajstić information content (AvgIpc) is 3.76. The van der Waals surface area contributed by atoms with E-state index in [-0.39, 0.29) is 36.0 Å². The van der Waals surface area contributed by atoms with E-state index < -0.39 is 0 Å². The van der Waals surface area contributed by atoms with Gasteiger partial charge in [-0.2, -0.15) is 15.3 Å². The Labute approximate surface area is 239 Å². The Morgan fingerprint density at radius 1 is 1.05 bits per heavy atom. The van der Waals surface area contributed by atoms with E-state index in [1.807, 2.05) is 57.6 Å². The van der Waals surface area contributed by atoms with Crippen LogP contribution in [0.25, 0.3) is 16.9 Å². The second-order valence-corrected chi connectivity index (χ2v) is 11.3. The van der Waals surface area contributed by atoms with E-state index in [4.69, 9.17) is 4.74 Å². The molecule has 2 aliphatic rings. The van der Waals surface area contributed by atoms with E-state index in [9.17, 15) is 14.9 Å². The smallest absolute Gasteiger partial charge is 0.259 e. The number of ether oxygens (including phenoxy) is 1. The summed E-state index contributed by atoms with van der Waals surface area (Å²) >= 11 is 0. The molecule has 0 saturated heterocycles. The maximum atomic E-state index is 14.2. The van der Waals surface area contributed by atoms with Gasteiger partial charge in [-0.3, -0.25) is 14.2 Å². The fourth-order valence-electron chi connectivity index (χ4n) is 6.11. The molecule has 2 aromatic carbocycles. The topological polar surface area (TPSA) is 102 Å². The van der Waals surface area contributed by atoms with E-state index >= 15 is 0 Å². The largest absolute Gasteiger partial charge is 0.370 e. The maximum Gasteiger partial charge on any atom is 0.259 e. The third kappa shape index (κ3) is 5.59. The molecule has 0 N–H and O–H groups in total. The average molecular weight is 550 g/mol. The zero-order chi connectivity index (χ0) is 28.3. The summed E-state index contributed by atoms with van der Waals surface area (Å²) in [6.07, 6.45) is 8.92. The van der Waals surface area contributed by atoms with Crippen LogP contribution >= 0.6 is 0 Å². The number of nitriles is 1. The number of carbonyl (C=O) groups excluding carboxylic acids is 1. The van der Waals surface area contributed by atoms with E-state index in [2.05, 4.69) is 23.1 Å². The van der Waals surface area contributed by atoms with Crippen LogP contribution in [-0.4, -0.2) is 37.7 Å². The van der Waals surface area contributed by atoms with Gasteiger partial charge in [-0.05, 0) is 67.7 Å². The molecule has 0 radical (unpaired) electrons. The van der Waals surface area contributed by atoms with Crippen molar-refractivity contribution in [2.75, 3.05) is 6.61 Å². The molecule has 0 unspecified atom stereocenters. The SMILES string of the molecule is CCCc1c(Cc2ccc(-c3ccccc3C#N)cc2)c(=O)n(C2CCC(OCC(=O)C3CC3)CC2)c2ncnn12. The molecule has 2 heterocycles. The molecular formula is C33H35N5O3. The molecule has 0 spiro atoms. The first-order valence-corrected chi connectivity index (χ1v) is 14.8. The number of benzene rings is 2. The lowest BCUT2D eigenvalue weighted by atomic mass is 9.92. The van der Waals surface area contributed by atoms with Crippen molar-refractivity contribution in [3.8, 4) is 17.2 Å². The Morgan fingerprint density at radius 3 is 2.51 bits per heavy atom. The van der Waals surface area contributed by atoms with E-state index in [1.165, 1.54) is 6.33 Å². The summed E-state index contributed by atoms with van der Waals surface area (Å²) in [7, 11) is 0. The summed E-state index contributed by atoms with van der Waals surface area (Å²) in [6, 6.07) is 18.0. The third-order valence-corrected chi connectivity index (χ3v) is 8.51. The molecule has 6 rings (SSSR count). The van der Waals surface area contributed by atoms with Gasteiger partial charge in [-0.15, -0.1) is 0 Å². The lowest BCUT2D eigenvalue weighted by Crippen LogP contribution is -2.35. The predicted octanol–water partition coefficient (Wildman–Crippen LogP) is 5.45. The summed E-state index contributed by atoms with van der Waals surface area (Å²) in [5.41, 5.74) is 5.21. The van der Waals surface area contributed by atoms with Gasteiger partial charge in [0.15, 0.2) is 5.78 Å². The lowest BCUT2D eigenvalue weighted by Gasteiger charge is -2.30. The Kier molecular flexibility index (Phi) is 7.80. The van der Waals surface area contributed by atoms with Gasteiger partial charge in [-0.25, -0.2) is 4.52 Å². The summed E-state index contributed by atoms with van der Waals surface area (Å²) in [6.45, 7) is 2.32. The quantitative estimate of drug-likeness (QED) is 0.261. The van der Waals surface area contributed by atoms with Gasteiger partial charge in [0.2, 0.25) is 5.78 Å². The highest BCUT2D eigenvalue weighted by Gasteiger charge is 2.32. The molecule has 0 amide bonds. The number of aryl methyl sites for hydroxylation is 1. The molecule has 2 aromatic heterocycles. The Balaban J connectivity index is 1.27. The highest BCUT2D eigenvalue weighted by atomic mass is 16.5. The molecular weight excluding hydrogens is 514 g/mol. The Hall–Kier alpha value is -4.09. The van der Waals surface area contributed by atoms with Crippen LogP contribution in [0.1, 0.15) is 80.3 Å². The molecule has 210 valence electrons. The van der Waals surface area contributed by atoms with Crippen LogP contribution in [-0.2, 0) is 22.4 Å². The van der Waals surface area contributed by atoms with Crippen LogP contribution in [0.5, 0.6) is 0 Å². The Bertz CT molecular complexity index is 1650. The number of Topliss-reactive ketones (excluding diaryl/α,β-unsaturated/α-hetero) is 1. The van der Waals surface area contributed by atoms with Crippen LogP contribution in [0.4, 0.5) is 0 Å². The van der Waals surface area contributed by atoms with Gasteiger partial charge in [0.25, 0.3) is 5.56 Å². The van der Waals surface area contributed by atoms with Crippen molar-refractivity contribution in [1.29, 1.82) is 5.26 Å². The van der Waals surface area contributed by atoms with Crippen molar-refractivity contribution >= 4 is 11.6 Å². The first-order chi connectivity index (χ1) is 20.1. The molecule has 4 aromatic rings. The van der Waals surface area contributed by atoms with Crippen LogP contribution in [0.15, 0.2) is 59.7 Å². The number of ketones is 1. The zero-order valence-electron chi connectivity index (χ0n) is 23.5. The summed E-state index contributed by atoms with van der Waals surface area (Å²) in [4.78, 5) is 30.8. The van der Waals surface area contributed by atoms with Crippen molar-refractivity contribution in [2.24, 2.45) is 5.92 Å². The van der Waals surface area contributed by atoms with E-state index in [1.54, 1.807) is 0 Å². The van der Waals surface area contributed by atoms with Crippen molar-refractivity contribution in [3.05, 3.63) is 87.6 Å². The molecule has 8 nitrogen and oxygen atoms in total. The van der Waals surface area contributed by atoms with Gasteiger partial charge >= 0.3 is 0 Å². The van der Waals surface area contributed by atoms with Crippen LogP contribution < -0.4 is 5.56 Å². The lowest BCUT2D eigenvalue weighted by molar-refractivity contribution is -0.127. The molecule has 2 aliphatic carbocycles. The van der Waals surface area contributed by atoms with Gasteiger partial charge in [-0.1, -0.05) is 55.8 Å². The van der Waals surface area contributed by atoms with Gasteiger partial charge in [0, 0.05) is 23.9 Å². The molecule has 41 heavy (non-hydrogen) atoms. The predicted molar refractivity (Wildman–Crippen MR) is 156 cm³/mol. The monoisotopic (exact) mass is 549 g/mol. The summed E-state index contributed by atoms with van der Waals surface area (Å²) in [5, 5.41) is 14.1. The second kappa shape index (κ2) is 11.8. The second-order valence-electron chi connectivity index (χ2n) is 11.3. The number of carbonyl (C=O) groups is 1. The van der Waals surface area contributed by atoms with Gasteiger partial charge in [0.05, 0.1) is 23.4 Å². The number of hydrogen-bond donors (Lipinski definition) is 0. The maximum absolute atomic E-state index is 14.2. The summed E-state index contributed by atoms with van der Waals surface area (Å²) < 4.78 is 9.66. The number of fused-ring (bicyclic) bond motifs is 1. The number of nitrogens with zero attached hydrogens (tertiary/aromatic N) is 5. The fourth-order valence-corrected chi connectivity index (χ4v) is 6.11. The minimum Gasteiger partial charge on any atom is -0.370 e. The van der Waals surface area contributed by atoms with Crippen LogP contribution in [0.3, 0.4) is 0 Å². The minimum absolute atomic E-state index is 0.00105. The molecule has 0 aliphatic heterocycles. The Morgan fingerprint density at radius 2 is 1.80 bits per heavy atom. The van der Waals surface area contributed by atoms with Crippen LogP contribution in [0, 0.1) is 17.2 Å². The first kappa shape index (κ1) is 27.1. The normalized spacial score (nSPS) is 18.8. The molecule has 0 bridgehead atoms. The van der Waals surface area contributed by atoms with Gasteiger partial charge in [0.1, 0.15) is 12.9 Å². The minimum atomic E-state index is 0.00105. The van der Waals surface area contributed by atoms with Gasteiger partial charge < -0.3 is 4.74 Å². The summed E-state index contributed by atoms with van der Waals surface area (Å²) in [5.74, 6) is 1.04. The van der Waals surface area contributed by atoms with Crippen molar-refractivity contribution < 1.29 is 9.53 Å². The first-order valence-electron chi connectivity index (χ1n) is 14.8. The van der Waals surface area contributed by atoms with Crippen molar-refractivity contribution in [2.45, 2.75) is 76.9 Å². The zero-order valence-corrected chi connectivity index (χ0v) is 23.5. The molecule has 8 heteroatoms. The number of hydrogen-bond acceptors (Lipinski definition) is 6. The van der Waals surface area contributed by atoms with E-state index in [0.717, 1.165) is 79.3 Å². The van der Waals surface area contributed by atoms with Crippen molar-refractivity contribution in [1.82, 2.24) is 19.2 Å². The number of aromatic nitrogens is 4. The molecule has 0 atom stereocenters. The van der Waals surface area contributed by atoms with Crippen molar-refractivity contribution in [3.63, 3.8) is 0 Å². The van der Waals surface area contributed by atoms with E-state index in [0.29, 0.717) is 17.8 Å². The fraction of sp³-hybridized carbons (Fsp3) is 0.424. The molecule has 2 fully saturated rings. The highest BCUT2D eigenvalue weighted by molar-refractivity contribution is 5.84. The number of rotatable bonds is 10. The molecule has 2 saturated carbocycles. The third-order valence-electron chi connectivity index (χ3n) is 8.51.